The summed E-state index contributed by atoms with van der Waals surface area (Å²) in [5, 5.41) is 5.67. The zero-order chi connectivity index (χ0) is 32.1. The summed E-state index contributed by atoms with van der Waals surface area (Å²) in [6, 6.07) is 39.4. The van der Waals surface area contributed by atoms with Crippen LogP contribution in [0.3, 0.4) is 0 Å². The first kappa shape index (κ1) is 27.5. The van der Waals surface area contributed by atoms with E-state index in [2.05, 4.69) is 88.8 Å². The monoisotopic (exact) mass is 640 g/mol. The fourth-order valence-electron chi connectivity index (χ4n) is 7.96. The van der Waals surface area contributed by atoms with Gasteiger partial charge >= 0.3 is 0 Å². The van der Waals surface area contributed by atoms with Crippen LogP contribution in [0.15, 0.2) is 134 Å². The number of imidazole rings is 1. The third-order valence-electron chi connectivity index (χ3n) is 10.2. The van der Waals surface area contributed by atoms with Crippen molar-refractivity contribution in [2.24, 2.45) is 0 Å². The lowest BCUT2D eigenvalue weighted by Crippen LogP contribution is -2.31. The molecule has 1 aliphatic heterocycles. The van der Waals surface area contributed by atoms with E-state index in [4.69, 9.17) is 4.98 Å². The van der Waals surface area contributed by atoms with Crippen molar-refractivity contribution in [3.63, 3.8) is 0 Å². The van der Waals surface area contributed by atoms with Crippen LogP contribution in [0.1, 0.15) is 42.3 Å². The molecule has 5 aromatic carbocycles. The minimum atomic E-state index is -1.33. The SMILES string of the molecule is CC1(C)c2cccnc2N(c2cccc(C(F)c3ccc4c5ccccc5n5ccnc5c4c3)c2)c2ccc3sc4ccccc4c3c21. The first-order chi connectivity index (χ1) is 23.5. The summed E-state index contributed by atoms with van der Waals surface area (Å²) in [6.07, 6.45) is 4.29. The van der Waals surface area contributed by atoms with E-state index in [-0.39, 0.29) is 5.41 Å². The highest BCUT2D eigenvalue weighted by Gasteiger charge is 2.40. The Hall–Kier alpha value is -5.59. The number of hydrogen-bond acceptors (Lipinski definition) is 4. The van der Waals surface area contributed by atoms with Crippen molar-refractivity contribution in [2.45, 2.75) is 25.4 Å². The first-order valence-electron chi connectivity index (χ1n) is 16.2. The Morgan fingerprint density at radius 3 is 2.44 bits per heavy atom. The Balaban J connectivity index is 1.15. The number of halogens is 1. The lowest BCUT2D eigenvalue weighted by Gasteiger charge is -2.41. The number of anilines is 3. The second-order valence-electron chi connectivity index (χ2n) is 13.2. The molecule has 0 aliphatic carbocycles. The normalized spacial score (nSPS) is 14.6. The topological polar surface area (TPSA) is 33.4 Å². The smallest absolute Gasteiger partial charge is 0.150 e. The molecule has 6 heteroatoms. The van der Waals surface area contributed by atoms with Gasteiger partial charge in [-0.1, -0.05) is 80.6 Å². The average molecular weight is 641 g/mol. The Bertz CT molecular complexity index is 2760. The van der Waals surface area contributed by atoms with Crippen LogP contribution in [-0.2, 0) is 5.41 Å². The Labute approximate surface area is 280 Å². The highest BCUT2D eigenvalue weighted by molar-refractivity contribution is 7.25. The summed E-state index contributed by atoms with van der Waals surface area (Å²) >= 11 is 1.83. The molecular weight excluding hydrogens is 612 g/mol. The fraction of sp³-hybridized carbons (Fsp3) is 0.0952. The summed E-state index contributed by atoms with van der Waals surface area (Å²) in [4.78, 5) is 11.8. The van der Waals surface area contributed by atoms with Gasteiger partial charge in [-0.2, -0.15) is 0 Å². The molecule has 4 aromatic heterocycles. The number of rotatable bonds is 3. The van der Waals surface area contributed by atoms with Crippen molar-refractivity contribution in [1.82, 2.24) is 14.4 Å². The largest absolute Gasteiger partial charge is 0.299 e. The van der Waals surface area contributed by atoms with Crippen LogP contribution in [0.2, 0.25) is 0 Å². The fourth-order valence-corrected chi connectivity index (χ4v) is 9.07. The summed E-state index contributed by atoms with van der Waals surface area (Å²) in [5.41, 5.74) is 7.19. The zero-order valence-corrected chi connectivity index (χ0v) is 27.2. The molecule has 1 atom stereocenters. The van der Waals surface area contributed by atoms with Gasteiger partial charge < -0.3 is 0 Å². The number of fused-ring (bicyclic) bond motifs is 12. The number of alkyl halides is 1. The van der Waals surface area contributed by atoms with Crippen molar-refractivity contribution in [2.75, 3.05) is 4.90 Å². The van der Waals surface area contributed by atoms with E-state index >= 15 is 4.39 Å². The predicted molar refractivity (Wildman–Crippen MR) is 197 cm³/mol. The quantitative estimate of drug-likeness (QED) is 0.180. The molecule has 1 aliphatic rings. The van der Waals surface area contributed by atoms with Crippen LogP contribution in [-0.4, -0.2) is 14.4 Å². The predicted octanol–water partition coefficient (Wildman–Crippen LogP) is 11.6. The Morgan fingerprint density at radius 2 is 1.52 bits per heavy atom. The molecule has 4 nitrogen and oxygen atoms in total. The van der Waals surface area contributed by atoms with Crippen molar-refractivity contribution < 1.29 is 4.39 Å². The van der Waals surface area contributed by atoms with Gasteiger partial charge in [0.1, 0.15) is 11.5 Å². The third-order valence-corrected chi connectivity index (χ3v) is 11.3. The average Bonchev–Trinajstić information content (AvgIpc) is 3.77. The highest BCUT2D eigenvalue weighted by atomic mass is 32.1. The molecule has 9 aromatic rings. The van der Waals surface area contributed by atoms with Crippen molar-refractivity contribution in [3.8, 4) is 0 Å². The van der Waals surface area contributed by atoms with Crippen LogP contribution in [0.5, 0.6) is 0 Å². The van der Waals surface area contributed by atoms with Crippen LogP contribution in [0.4, 0.5) is 21.6 Å². The Kier molecular flexibility index (Phi) is 5.71. The minimum Gasteiger partial charge on any atom is -0.299 e. The van der Waals surface area contributed by atoms with E-state index in [1.54, 1.807) is 6.20 Å². The highest BCUT2D eigenvalue weighted by Crippen LogP contribution is 2.55. The van der Waals surface area contributed by atoms with Crippen LogP contribution in [0.25, 0.3) is 47.5 Å². The van der Waals surface area contributed by atoms with E-state index < -0.39 is 6.17 Å². The maximum atomic E-state index is 16.8. The maximum Gasteiger partial charge on any atom is 0.150 e. The number of benzene rings is 5. The minimum absolute atomic E-state index is 0.299. The Morgan fingerprint density at radius 1 is 0.688 bits per heavy atom. The molecule has 0 amide bonds. The number of para-hydroxylation sites is 1. The zero-order valence-electron chi connectivity index (χ0n) is 26.4. The number of hydrogen-bond donors (Lipinski definition) is 0. The lowest BCUT2D eigenvalue weighted by molar-refractivity contribution is 0.402. The molecule has 0 fully saturated rings. The van der Waals surface area contributed by atoms with E-state index in [0.29, 0.717) is 11.1 Å². The van der Waals surface area contributed by atoms with Crippen LogP contribution >= 0.6 is 11.3 Å². The van der Waals surface area contributed by atoms with Crippen molar-refractivity contribution >= 4 is 76.0 Å². The summed E-state index contributed by atoms with van der Waals surface area (Å²) in [7, 11) is 0. The van der Waals surface area contributed by atoms with Gasteiger partial charge in [-0.25, -0.2) is 14.4 Å². The van der Waals surface area contributed by atoms with Gasteiger partial charge in [0.25, 0.3) is 0 Å². The summed E-state index contributed by atoms with van der Waals surface area (Å²) in [5.74, 6) is 0.876. The van der Waals surface area contributed by atoms with Gasteiger partial charge in [0.15, 0.2) is 6.17 Å². The molecule has 0 N–H and O–H groups in total. The third kappa shape index (κ3) is 3.75. The van der Waals surface area contributed by atoms with E-state index in [1.165, 1.54) is 25.7 Å². The van der Waals surface area contributed by atoms with Crippen molar-refractivity contribution in [1.29, 1.82) is 0 Å². The molecule has 10 rings (SSSR count). The molecular formula is C42H29FN4S. The standard InChI is InChI=1S/C42H29FN4S/c1-42(2)32-13-8-20-44-41(32)47(34-18-19-36-37(38(34)42)30-12-4-6-15-35(30)48-36)27-10-7-9-25(23-27)39(43)26-16-17-28-29-11-3-5-14-33(29)46-22-21-45-40(46)31(28)24-26/h3-24,39H,1-2H3. The van der Waals surface area contributed by atoms with Gasteiger partial charge in [-0.05, 0) is 70.6 Å². The molecule has 0 bridgehead atoms. The van der Waals surface area contributed by atoms with Gasteiger partial charge in [0, 0.05) is 66.2 Å². The number of aromatic nitrogens is 3. The molecule has 0 radical (unpaired) electrons. The lowest BCUT2D eigenvalue weighted by atomic mass is 9.73. The number of nitrogens with zero attached hydrogens (tertiary/aromatic N) is 4. The van der Waals surface area contributed by atoms with Gasteiger partial charge in [0.2, 0.25) is 0 Å². The molecule has 0 saturated heterocycles. The van der Waals surface area contributed by atoms with Crippen molar-refractivity contribution in [3.05, 3.63) is 156 Å². The van der Waals surface area contributed by atoms with Gasteiger partial charge in [0.05, 0.1) is 11.2 Å². The second-order valence-corrected chi connectivity index (χ2v) is 14.3. The molecule has 0 spiro atoms. The number of thiophene rings is 1. The number of pyridine rings is 2. The van der Waals surface area contributed by atoms with E-state index in [9.17, 15) is 0 Å². The second kappa shape index (κ2) is 9.96. The molecule has 0 saturated carbocycles. The molecule has 1 unspecified atom stereocenters. The van der Waals surface area contributed by atoms with Gasteiger partial charge in [-0.15, -0.1) is 11.3 Å². The van der Waals surface area contributed by atoms with E-state index in [0.717, 1.165) is 50.1 Å². The molecule has 5 heterocycles. The maximum absolute atomic E-state index is 16.8. The van der Waals surface area contributed by atoms with Gasteiger partial charge in [-0.3, -0.25) is 9.30 Å². The van der Waals surface area contributed by atoms with E-state index in [1.807, 2.05) is 78.3 Å². The molecule has 48 heavy (non-hydrogen) atoms. The summed E-state index contributed by atoms with van der Waals surface area (Å²) < 4.78 is 21.4. The molecule has 230 valence electrons. The summed E-state index contributed by atoms with van der Waals surface area (Å²) in [6.45, 7) is 4.59. The van der Waals surface area contributed by atoms with Crippen LogP contribution in [0, 0.1) is 0 Å². The first-order valence-corrected chi connectivity index (χ1v) is 17.0. The van der Waals surface area contributed by atoms with Crippen LogP contribution < -0.4 is 4.90 Å².